The summed E-state index contributed by atoms with van der Waals surface area (Å²) in [4.78, 5) is 27.4. The van der Waals surface area contributed by atoms with Crippen molar-refractivity contribution >= 4 is 38.9 Å². The lowest BCUT2D eigenvalue weighted by atomic mass is 10.2. The number of nitro benzene ring substituents is 1. The highest BCUT2D eigenvalue weighted by Gasteiger charge is 2.23. The van der Waals surface area contributed by atoms with Crippen LogP contribution in [-0.2, 0) is 14.6 Å². The van der Waals surface area contributed by atoms with Gasteiger partial charge < -0.3 is 9.80 Å². The van der Waals surface area contributed by atoms with Crippen LogP contribution in [0, 0.1) is 10.1 Å². The molecule has 1 aliphatic rings. The summed E-state index contributed by atoms with van der Waals surface area (Å²) in [7, 11) is -3.55. The Labute approximate surface area is 173 Å². The molecule has 8 nitrogen and oxygen atoms in total. The molecule has 0 aromatic heterocycles. The first-order chi connectivity index (χ1) is 13.8. The normalized spacial score (nSPS) is 14.7. The monoisotopic (exact) mass is 435 g/mol. The SMILES string of the molecule is CS(=O)(=O)c1ccc(SCC(=O)N2CCN(c3ccccc3)CC2)c([N+](=O)[O-])c1. The van der Waals surface area contributed by atoms with Crippen LogP contribution in [0.15, 0.2) is 58.3 Å². The number of sulfone groups is 1. The number of nitro groups is 1. The summed E-state index contributed by atoms with van der Waals surface area (Å²) in [6.07, 6.45) is 0.998. The quantitative estimate of drug-likeness (QED) is 0.390. The molecule has 3 rings (SSSR count). The number of thioether (sulfide) groups is 1. The second-order valence-electron chi connectivity index (χ2n) is 6.65. The molecule has 1 heterocycles. The van der Waals surface area contributed by atoms with Gasteiger partial charge in [0.1, 0.15) is 0 Å². The number of hydrogen-bond acceptors (Lipinski definition) is 7. The third-order valence-electron chi connectivity index (χ3n) is 4.66. The maximum absolute atomic E-state index is 12.5. The molecular formula is C19H21N3O5S2. The largest absolute Gasteiger partial charge is 0.368 e. The van der Waals surface area contributed by atoms with Crippen molar-refractivity contribution in [1.29, 1.82) is 0 Å². The molecule has 2 aromatic rings. The van der Waals surface area contributed by atoms with Crippen LogP contribution < -0.4 is 4.90 Å². The predicted octanol–water partition coefficient (Wildman–Crippen LogP) is 2.44. The minimum Gasteiger partial charge on any atom is -0.368 e. The molecule has 1 aliphatic heterocycles. The van der Waals surface area contributed by atoms with Crippen LogP contribution in [0.1, 0.15) is 0 Å². The van der Waals surface area contributed by atoms with E-state index in [1.54, 1.807) is 4.90 Å². The van der Waals surface area contributed by atoms with E-state index in [0.29, 0.717) is 13.1 Å². The molecule has 0 N–H and O–H groups in total. The van der Waals surface area contributed by atoms with Gasteiger partial charge in [0, 0.05) is 44.2 Å². The first-order valence-electron chi connectivity index (χ1n) is 8.95. The van der Waals surface area contributed by atoms with Crippen molar-refractivity contribution in [2.24, 2.45) is 0 Å². The number of benzene rings is 2. The van der Waals surface area contributed by atoms with Crippen LogP contribution in [0.4, 0.5) is 11.4 Å². The fourth-order valence-corrected chi connectivity index (χ4v) is 4.62. The molecule has 1 fully saturated rings. The Morgan fingerprint density at radius 1 is 1.10 bits per heavy atom. The predicted molar refractivity (Wildman–Crippen MR) is 112 cm³/mol. The first kappa shape index (κ1) is 21.1. The smallest absolute Gasteiger partial charge is 0.284 e. The Morgan fingerprint density at radius 3 is 2.34 bits per heavy atom. The molecule has 0 unspecified atom stereocenters. The number of rotatable bonds is 6. The minimum absolute atomic E-state index is 0.0599. The molecule has 2 aromatic carbocycles. The van der Waals surface area contributed by atoms with Gasteiger partial charge in [-0.2, -0.15) is 0 Å². The van der Waals surface area contributed by atoms with Gasteiger partial charge in [-0.1, -0.05) is 18.2 Å². The van der Waals surface area contributed by atoms with Crippen LogP contribution in [0.2, 0.25) is 0 Å². The van der Waals surface area contributed by atoms with E-state index in [9.17, 15) is 23.3 Å². The summed E-state index contributed by atoms with van der Waals surface area (Å²) in [5, 5.41) is 11.3. The summed E-state index contributed by atoms with van der Waals surface area (Å²) in [5.74, 6) is -0.0334. The minimum atomic E-state index is -3.55. The molecule has 10 heteroatoms. The van der Waals surface area contributed by atoms with Gasteiger partial charge in [0.05, 0.1) is 20.5 Å². The lowest BCUT2D eigenvalue weighted by Gasteiger charge is -2.36. The van der Waals surface area contributed by atoms with Gasteiger partial charge in [-0.3, -0.25) is 14.9 Å². The third-order valence-corrected chi connectivity index (χ3v) is 6.82. The fourth-order valence-electron chi connectivity index (χ4n) is 3.08. The summed E-state index contributed by atoms with van der Waals surface area (Å²) in [6.45, 7) is 2.63. The maximum Gasteiger partial charge on any atom is 0.284 e. The zero-order valence-corrected chi connectivity index (χ0v) is 17.5. The van der Waals surface area contributed by atoms with Gasteiger partial charge in [-0.25, -0.2) is 8.42 Å². The number of para-hydroxylation sites is 1. The lowest BCUT2D eigenvalue weighted by molar-refractivity contribution is -0.388. The molecule has 0 radical (unpaired) electrons. The standard InChI is InChI=1S/C19H21N3O5S2/c1-29(26,27)16-7-8-18(17(13-16)22(24)25)28-14-19(23)21-11-9-20(10-12-21)15-5-3-2-4-6-15/h2-8,13H,9-12,14H2,1H3. The van der Waals surface area contributed by atoms with Gasteiger partial charge in [-0.15, -0.1) is 11.8 Å². The van der Waals surface area contributed by atoms with E-state index in [1.807, 2.05) is 30.3 Å². The Kier molecular flexibility index (Phi) is 6.43. The van der Waals surface area contributed by atoms with E-state index in [4.69, 9.17) is 0 Å². The summed E-state index contributed by atoms with van der Waals surface area (Å²) < 4.78 is 23.3. The van der Waals surface area contributed by atoms with Gasteiger partial charge in [-0.05, 0) is 24.3 Å². The fraction of sp³-hybridized carbons (Fsp3) is 0.316. The topological polar surface area (TPSA) is 101 Å². The molecule has 1 saturated heterocycles. The summed E-state index contributed by atoms with van der Waals surface area (Å²) in [6, 6.07) is 13.7. The highest BCUT2D eigenvalue weighted by Crippen LogP contribution is 2.31. The van der Waals surface area contributed by atoms with Crippen molar-refractivity contribution in [1.82, 2.24) is 4.90 Å². The molecule has 0 saturated carbocycles. The summed E-state index contributed by atoms with van der Waals surface area (Å²) in [5.41, 5.74) is 0.815. The van der Waals surface area contributed by atoms with Crippen LogP contribution in [-0.4, -0.2) is 62.3 Å². The highest BCUT2D eigenvalue weighted by molar-refractivity contribution is 8.00. The molecule has 0 aliphatic carbocycles. The van der Waals surface area contributed by atoms with Crippen LogP contribution >= 0.6 is 11.8 Å². The molecule has 0 bridgehead atoms. The lowest BCUT2D eigenvalue weighted by Crippen LogP contribution is -2.49. The molecule has 0 atom stereocenters. The number of amides is 1. The first-order valence-corrected chi connectivity index (χ1v) is 11.8. The zero-order valence-electron chi connectivity index (χ0n) is 15.9. The van der Waals surface area contributed by atoms with Gasteiger partial charge in [0.15, 0.2) is 9.84 Å². The van der Waals surface area contributed by atoms with Gasteiger partial charge in [0.2, 0.25) is 5.91 Å². The number of nitrogens with zero attached hydrogens (tertiary/aromatic N) is 3. The number of anilines is 1. The number of carbonyl (C=O) groups is 1. The molecule has 0 spiro atoms. The van der Waals surface area contributed by atoms with Crippen LogP contribution in [0.5, 0.6) is 0 Å². The van der Waals surface area contributed by atoms with E-state index >= 15 is 0 Å². The Bertz CT molecular complexity index is 1000. The summed E-state index contributed by atoms with van der Waals surface area (Å²) >= 11 is 1.05. The molecule has 29 heavy (non-hydrogen) atoms. The van der Waals surface area contributed by atoms with Crippen molar-refractivity contribution in [3.63, 3.8) is 0 Å². The van der Waals surface area contributed by atoms with Crippen molar-refractivity contribution in [2.45, 2.75) is 9.79 Å². The molecular weight excluding hydrogens is 414 g/mol. The average Bonchev–Trinajstić information content (AvgIpc) is 2.72. The van der Waals surface area contributed by atoms with E-state index in [-0.39, 0.29) is 27.1 Å². The van der Waals surface area contributed by atoms with Crippen LogP contribution in [0.25, 0.3) is 0 Å². The van der Waals surface area contributed by atoms with E-state index in [1.165, 1.54) is 12.1 Å². The Balaban J connectivity index is 1.60. The highest BCUT2D eigenvalue weighted by atomic mass is 32.2. The van der Waals surface area contributed by atoms with Crippen molar-refractivity contribution in [3.05, 3.63) is 58.6 Å². The van der Waals surface area contributed by atoms with Crippen molar-refractivity contribution in [2.75, 3.05) is 43.1 Å². The second kappa shape index (κ2) is 8.83. The van der Waals surface area contributed by atoms with Crippen LogP contribution in [0.3, 0.4) is 0 Å². The Morgan fingerprint density at radius 2 is 1.76 bits per heavy atom. The zero-order chi connectivity index (χ0) is 21.0. The van der Waals surface area contributed by atoms with Gasteiger partial charge >= 0.3 is 0 Å². The number of carbonyl (C=O) groups excluding carboxylic acids is 1. The number of hydrogen-bond donors (Lipinski definition) is 0. The van der Waals surface area contributed by atoms with Crippen molar-refractivity contribution < 1.29 is 18.1 Å². The third kappa shape index (κ3) is 5.27. The Hall–Kier alpha value is -2.59. The second-order valence-corrected chi connectivity index (χ2v) is 9.68. The van der Waals surface area contributed by atoms with Crippen molar-refractivity contribution in [3.8, 4) is 0 Å². The number of piperazine rings is 1. The van der Waals surface area contributed by atoms with E-state index in [2.05, 4.69) is 4.90 Å². The van der Waals surface area contributed by atoms with Gasteiger partial charge in [0.25, 0.3) is 5.69 Å². The maximum atomic E-state index is 12.5. The molecule has 1 amide bonds. The molecule has 154 valence electrons. The average molecular weight is 436 g/mol. The van der Waals surface area contributed by atoms with E-state index in [0.717, 1.165) is 42.9 Å². The van der Waals surface area contributed by atoms with E-state index < -0.39 is 14.8 Å².